The largest absolute Gasteiger partial charge is 0.479 e. The lowest BCUT2D eigenvalue weighted by atomic mass is 10.2. The summed E-state index contributed by atoms with van der Waals surface area (Å²) in [6, 6.07) is 7.22. The van der Waals surface area contributed by atoms with E-state index in [2.05, 4.69) is 0 Å². The number of benzene rings is 1. The summed E-state index contributed by atoms with van der Waals surface area (Å²) in [4.78, 5) is 10.9. The molecule has 0 spiro atoms. The molecule has 0 bridgehead atoms. The fraction of sp³-hybridized carbons (Fsp3) is 0.417. The Morgan fingerprint density at radius 3 is 2.56 bits per heavy atom. The van der Waals surface area contributed by atoms with Crippen LogP contribution in [0.4, 0.5) is 0 Å². The molecule has 86 valence electrons. The van der Waals surface area contributed by atoms with Crippen molar-refractivity contribution >= 4 is 17.6 Å². The predicted octanol–water partition coefficient (Wildman–Crippen LogP) is 2.72. The monoisotopic (exact) mass is 240 g/mol. The number of carbonyl (C=O) groups is 1. The van der Waals surface area contributed by atoms with Gasteiger partial charge in [0.05, 0.1) is 6.61 Å². The lowest BCUT2D eigenvalue weighted by Crippen LogP contribution is -2.25. The smallest absolute Gasteiger partial charge is 0.333 e. The van der Waals surface area contributed by atoms with E-state index < -0.39 is 12.1 Å². The van der Waals surface area contributed by atoms with Crippen molar-refractivity contribution in [1.29, 1.82) is 0 Å². The highest BCUT2D eigenvalue weighted by atomic mass is 35.5. The van der Waals surface area contributed by atoms with Gasteiger partial charge in [-0.15, -0.1) is 0 Å². The summed E-state index contributed by atoms with van der Waals surface area (Å²) in [7, 11) is 0. The van der Waals surface area contributed by atoms with Gasteiger partial charge in [0.15, 0.2) is 6.10 Å². The zero-order valence-electron chi connectivity index (χ0n) is 8.73. The molecule has 0 saturated heterocycles. The molecule has 1 N–H and O–H groups in total. The van der Waals surface area contributed by atoms with Gasteiger partial charge in [-0.05, 0) is 36.5 Å². The molecule has 1 aromatic rings. The van der Waals surface area contributed by atoms with E-state index in [1.807, 2.05) is 12.1 Å². The maximum absolute atomic E-state index is 10.9. The Morgan fingerprint density at radius 1 is 1.44 bits per heavy atom. The summed E-state index contributed by atoms with van der Waals surface area (Å²) in [5, 5.41) is 9.63. The van der Waals surface area contributed by atoms with Crippen LogP contribution < -0.4 is 0 Å². The number of carboxylic acids is 1. The fourth-order valence-corrected chi connectivity index (χ4v) is 1.70. The van der Waals surface area contributed by atoms with Gasteiger partial charge < -0.3 is 9.84 Å². The minimum absolute atomic E-state index is 0.199. The lowest BCUT2D eigenvalue weighted by Gasteiger charge is -2.12. The summed E-state index contributed by atoms with van der Waals surface area (Å²) in [5.41, 5.74) is 0.941. The van der Waals surface area contributed by atoms with Crippen LogP contribution in [0.1, 0.15) is 18.4 Å². The molecular weight excluding hydrogens is 228 g/mol. The van der Waals surface area contributed by atoms with Crippen molar-refractivity contribution in [2.45, 2.75) is 25.6 Å². The highest BCUT2D eigenvalue weighted by Crippen LogP contribution is 2.34. The summed E-state index contributed by atoms with van der Waals surface area (Å²) in [6.07, 6.45) is 1.26. The van der Waals surface area contributed by atoms with E-state index in [1.54, 1.807) is 12.1 Å². The summed E-state index contributed by atoms with van der Waals surface area (Å²) in [5.74, 6) is -0.665. The number of hydrogen-bond acceptors (Lipinski definition) is 2. The van der Waals surface area contributed by atoms with Gasteiger partial charge in [-0.3, -0.25) is 0 Å². The third kappa shape index (κ3) is 2.97. The first-order valence-corrected chi connectivity index (χ1v) is 5.63. The molecule has 0 amide bonds. The second kappa shape index (κ2) is 4.85. The topological polar surface area (TPSA) is 46.5 Å². The first kappa shape index (κ1) is 11.4. The standard InChI is InChI=1S/C12H13ClO3/c13-10-5-1-8(2-6-10)7-16-11(12(14)15)9-3-4-9/h1-2,5-6,9,11H,3-4,7H2,(H,14,15). The van der Waals surface area contributed by atoms with Crippen molar-refractivity contribution in [2.24, 2.45) is 5.92 Å². The van der Waals surface area contributed by atoms with Crippen molar-refractivity contribution in [3.8, 4) is 0 Å². The van der Waals surface area contributed by atoms with Gasteiger partial charge in [0.2, 0.25) is 0 Å². The Balaban J connectivity index is 1.90. The molecule has 0 heterocycles. The third-order valence-corrected chi connectivity index (χ3v) is 2.89. The van der Waals surface area contributed by atoms with Crippen LogP contribution >= 0.6 is 11.6 Å². The number of halogens is 1. The van der Waals surface area contributed by atoms with Crippen LogP contribution in [0.5, 0.6) is 0 Å². The van der Waals surface area contributed by atoms with Crippen molar-refractivity contribution in [2.75, 3.05) is 0 Å². The summed E-state index contributed by atoms with van der Waals surface area (Å²) < 4.78 is 5.41. The van der Waals surface area contributed by atoms with E-state index in [0.717, 1.165) is 18.4 Å². The highest BCUT2D eigenvalue weighted by molar-refractivity contribution is 6.30. The van der Waals surface area contributed by atoms with Crippen molar-refractivity contribution in [3.05, 3.63) is 34.9 Å². The Labute approximate surface area is 99.0 Å². The molecule has 16 heavy (non-hydrogen) atoms. The van der Waals surface area contributed by atoms with Gasteiger partial charge in [0.25, 0.3) is 0 Å². The second-order valence-electron chi connectivity index (χ2n) is 4.03. The van der Waals surface area contributed by atoms with Crippen LogP contribution in [0.25, 0.3) is 0 Å². The minimum atomic E-state index is -0.864. The van der Waals surface area contributed by atoms with Crippen LogP contribution in [-0.2, 0) is 16.1 Å². The van der Waals surface area contributed by atoms with E-state index in [1.165, 1.54) is 0 Å². The van der Waals surface area contributed by atoms with Crippen LogP contribution in [0, 0.1) is 5.92 Å². The number of ether oxygens (including phenoxy) is 1. The number of carboxylic acid groups (broad SMARTS) is 1. The van der Waals surface area contributed by atoms with Gasteiger partial charge in [0, 0.05) is 5.02 Å². The molecule has 1 atom stereocenters. The zero-order valence-corrected chi connectivity index (χ0v) is 9.48. The molecule has 0 aliphatic heterocycles. The van der Waals surface area contributed by atoms with E-state index in [4.69, 9.17) is 21.4 Å². The second-order valence-corrected chi connectivity index (χ2v) is 4.47. The average Bonchev–Trinajstić information content (AvgIpc) is 3.05. The molecule has 1 aliphatic carbocycles. The Kier molecular flexibility index (Phi) is 3.46. The van der Waals surface area contributed by atoms with Gasteiger partial charge in [0.1, 0.15) is 0 Å². The molecule has 1 unspecified atom stereocenters. The van der Waals surface area contributed by atoms with Crippen LogP contribution in [0.3, 0.4) is 0 Å². The molecule has 1 fully saturated rings. The quantitative estimate of drug-likeness (QED) is 0.861. The van der Waals surface area contributed by atoms with Gasteiger partial charge in [-0.2, -0.15) is 0 Å². The van der Waals surface area contributed by atoms with E-state index >= 15 is 0 Å². The maximum Gasteiger partial charge on any atom is 0.333 e. The molecule has 1 aliphatic rings. The number of aliphatic carboxylic acids is 1. The zero-order chi connectivity index (χ0) is 11.5. The Bertz CT molecular complexity index is 370. The van der Waals surface area contributed by atoms with Gasteiger partial charge in [-0.25, -0.2) is 4.79 Å². The fourth-order valence-electron chi connectivity index (χ4n) is 1.57. The van der Waals surface area contributed by atoms with Crippen LogP contribution in [-0.4, -0.2) is 17.2 Å². The molecule has 3 nitrogen and oxygen atoms in total. The van der Waals surface area contributed by atoms with Crippen LogP contribution in [0.2, 0.25) is 5.02 Å². The van der Waals surface area contributed by atoms with E-state index in [9.17, 15) is 4.79 Å². The molecular formula is C12H13ClO3. The van der Waals surface area contributed by atoms with Crippen LogP contribution in [0.15, 0.2) is 24.3 Å². The summed E-state index contributed by atoms with van der Waals surface area (Å²) in [6.45, 7) is 0.324. The SMILES string of the molecule is O=C(O)C(OCc1ccc(Cl)cc1)C1CC1. The average molecular weight is 241 g/mol. The molecule has 1 saturated carbocycles. The van der Waals surface area contributed by atoms with E-state index in [-0.39, 0.29) is 5.92 Å². The predicted molar refractivity (Wildman–Crippen MR) is 60.4 cm³/mol. The first-order chi connectivity index (χ1) is 7.66. The summed E-state index contributed by atoms with van der Waals surface area (Å²) >= 11 is 5.75. The van der Waals surface area contributed by atoms with Crippen molar-refractivity contribution in [3.63, 3.8) is 0 Å². The maximum atomic E-state index is 10.9. The van der Waals surface area contributed by atoms with Gasteiger partial charge >= 0.3 is 5.97 Å². The first-order valence-electron chi connectivity index (χ1n) is 5.25. The number of hydrogen-bond donors (Lipinski definition) is 1. The van der Waals surface area contributed by atoms with Crippen molar-refractivity contribution < 1.29 is 14.6 Å². The molecule has 1 aromatic carbocycles. The number of rotatable bonds is 5. The normalized spacial score (nSPS) is 17.1. The minimum Gasteiger partial charge on any atom is -0.479 e. The highest BCUT2D eigenvalue weighted by Gasteiger charge is 2.37. The van der Waals surface area contributed by atoms with Gasteiger partial charge in [-0.1, -0.05) is 23.7 Å². The third-order valence-electron chi connectivity index (χ3n) is 2.64. The Morgan fingerprint density at radius 2 is 2.06 bits per heavy atom. The molecule has 0 aromatic heterocycles. The molecule has 0 radical (unpaired) electrons. The molecule has 4 heteroatoms. The van der Waals surface area contributed by atoms with E-state index in [0.29, 0.717) is 11.6 Å². The Hall–Kier alpha value is -1.06. The lowest BCUT2D eigenvalue weighted by molar-refractivity contribution is -0.152. The molecule has 2 rings (SSSR count). The van der Waals surface area contributed by atoms with Crippen molar-refractivity contribution in [1.82, 2.24) is 0 Å².